The molecule has 1 heterocycles. The van der Waals surface area contributed by atoms with Crippen molar-refractivity contribution in [2.45, 2.75) is 12.8 Å². The normalized spacial score (nSPS) is 26.2. The number of likely N-dealkylation sites (tertiary alicyclic amines) is 1. The van der Waals surface area contributed by atoms with Crippen LogP contribution in [0.5, 0.6) is 0 Å². The number of piperidine rings is 1. The molecule has 13 heavy (non-hydrogen) atoms. The second kappa shape index (κ2) is 4.39. The molecular weight excluding hydrogens is 190 g/mol. The van der Waals surface area contributed by atoms with Crippen LogP contribution in [-0.2, 0) is 14.3 Å². The molecule has 0 aliphatic carbocycles. The first-order valence-electron chi connectivity index (χ1n) is 4.50. The van der Waals surface area contributed by atoms with Crippen LogP contribution < -0.4 is 0 Å². The quantitative estimate of drug-likeness (QED) is 0.625. The van der Waals surface area contributed by atoms with Gasteiger partial charge in [0.15, 0.2) is 0 Å². The van der Waals surface area contributed by atoms with Crippen LogP contribution in [0.15, 0.2) is 0 Å². The Balaban J connectivity index is 2.29. The molecule has 1 fully saturated rings. The Bertz CT molecular complexity index is 250. The van der Waals surface area contributed by atoms with Gasteiger partial charge in [-0.3, -0.25) is 4.18 Å². The van der Waals surface area contributed by atoms with Gasteiger partial charge < -0.3 is 4.90 Å². The van der Waals surface area contributed by atoms with E-state index >= 15 is 0 Å². The van der Waals surface area contributed by atoms with E-state index in [1.807, 2.05) is 7.05 Å². The maximum Gasteiger partial charge on any atom is 0.264 e. The van der Waals surface area contributed by atoms with Crippen molar-refractivity contribution in [1.82, 2.24) is 4.90 Å². The molecule has 0 spiro atoms. The average Bonchev–Trinajstić information content (AvgIpc) is 2.00. The maximum absolute atomic E-state index is 10.7. The minimum absolute atomic E-state index is 0.336. The number of nitrogens with zero attached hydrogens (tertiary/aromatic N) is 1. The van der Waals surface area contributed by atoms with Crippen molar-refractivity contribution in [2.24, 2.45) is 5.92 Å². The molecule has 5 heteroatoms. The standard InChI is InChI=1S/C8H17NO3S/c1-9-5-3-4-8(6-9)7-12-13(2,10)11/h8H,3-7H2,1-2H3. The lowest BCUT2D eigenvalue weighted by Gasteiger charge is -2.28. The fourth-order valence-corrected chi connectivity index (χ4v) is 2.07. The monoisotopic (exact) mass is 207 g/mol. The van der Waals surface area contributed by atoms with Crippen molar-refractivity contribution in [1.29, 1.82) is 0 Å². The molecule has 1 atom stereocenters. The molecule has 0 radical (unpaired) electrons. The highest BCUT2D eigenvalue weighted by atomic mass is 32.2. The Morgan fingerprint density at radius 2 is 2.23 bits per heavy atom. The molecule has 0 aromatic rings. The van der Waals surface area contributed by atoms with Crippen LogP contribution in [0.2, 0.25) is 0 Å². The third kappa shape index (κ3) is 4.59. The summed E-state index contributed by atoms with van der Waals surface area (Å²) in [5, 5.41) is 0. The topological polar surface area (TPSA) is 46.6 Å². The van der Waals surface area contributed by atoms with Gasteiger partial charge in [0.25, 0.3) is 10.1 Å². The molecule has 0 saturated carbocycles. The molecule has 0 aromatic carbocycles. The minimum Gasteiger partial charge on any atom is -0.306 e. The van der Waals surface area contributed by atoms with Crippen LogP contribution >= 0.6 is 0 Å². The molecule has 0 amide bonds. The zero-order valence-corrected chi connectivity index (χ0v) is 9.01. The molecule has 1 unspecified atom stereocenters. The highest BCUT2D eigenvalue weighted by molar-refractivity contribution is 7.85. The summed E-state index contributed by atoms with van der Waals surface area (Å²) in [6.45, 7) is 2.38. The first-order chi connectivity index (χ1) is 5.97. The fourth-order valence-electron chi connectivity index (χ4n) is 1.63. The van der Waals surface area contributed by atoms with E-state index in [1.54, 1.807) is 0 Å². The van der Waals surface area contributed by atoms with Gasteiger partial charge in [-0.1, -0.05) is 0 Å². The highest BCUT2D eigenvalue weighted by Gasteiger charge is 2.18. The third-order valence-electron chi connectivity index (χ3n) is 2.24. The van der Waals surface area contributed by atoms with Crippen LogP contribution in [0.25, 0.3) is 0 Å². The van der Waals surface area contributed by atoms with Gasteiger partial charge >= 0.3 is 0 Å². The van der Waals surface area contributed by atoms with Crippen LogP contribution in [0.3, 0.4) is 0 Å². The summed E-state index contributed by atoms with van der Waals surface area (Å²) >= 11 is 0. The second-order valence-corrected chi connectivity index (χ2v) is 5.40. The van der Waals surface area contributed by atoms with Crippen molar-refractivity contribution >= 4 is 10.1 Å². The van der Waals surface area contributed by atoms with E-state index in [0.29, 0.717) is 12.5 Å². The van der Waals surface area contributed by atoms with Crippen LogP contribution in [-0.4, -0.2) is 46.3 Å². The minimum atomic E-state index is -3.26. The van der Waals surface area contributed by atoms with Crippen molar-refractivity contribution in [2.75, 3.05) is 33.0 Å². The summed E-state index contributed by atoms with van der Waals surface area (Å²) in [7, 11) is -1.21. The van der Waals surface area contributed by atoms with E-state index in [-0.39, 0.29) is 0 Å². The maximum atomic E-state index is 10.7. The van der Waals surface area contributed by atoms with Gasteiger partial charge in [0.1, 0.15) is 0 Å². The number of hydrogen-bond donors (Lipinski definition) is 0. The summed E-state index contributed by atoms with van der Waals surface area (Å²) in [6, 6.07) is 0. The van der Waals surface area contributed by atoms with E-state index in [2.05, 4.69) is 4.90 Å². The first kappa shape index (κ1) is 10.9. The van der Waals surface area contributed by atoms with Gasteiger partial charge in [-0.15, -0.1) is 0 Å². The van der Waals surface area contributed by atoms with Crippen molar-refractivity contribution in [3.8, 4) is 0 Å². The molecular formula is C8H17NO3S. The first-order valence-corrected chi connectivity index (χ1v) is 6.32. The summed E-state index contributed by atoms with van der Waals surface area (Å²) in [4.78, 5) is 2.21. The molecule has 4 nitrogen and oxygen atoms in total. The SMILES string of the molecule is CN1CCCC(COS(C)(=O)=O)C1. The summed E-state index contributed by atoms with van der Waals surface area (Å²) in [6.07, 6.45) is 3.30. The molecule has 0 aromatic heterocycles. The molecule has 1 aliphatic rings. The van der Waals surface area contributed by atoms with Gasteiger partial charge in [-0.05, 0) is 32.4 Å². The van der Waals surface area contributed by atoms with Gasteiger partial charge in [0, 0.05) is 6.54 Å². The molecule has 1 rings (SSSR count). The van der Waals surface area contributed by atoms with Gasteiger partial charge in [-0.25, -0.2) is 0 Å². The van der Waals surface area contributed by atoms with Crippen molar-refractivity contribution in [3.63, 3.8) is 0 Å². The summed E-state index contributed by atoms with van der Waals surface area (Å²) in [5.74, 6) is 0.369. The second-order valence-electron chi connectivity index (χ2n) is 3.76. The molecule has 0 N–H and O–H groups in total. The Labute approximate surface area is 80.0 Å². The van der Waals surface area contributed by atoms with Crippen molar-refractivity contribution < 1.29 is 12.6 Å². The van der Waals surface area contributed by atoms with Gasteiger partial charge in [-0.2, -0.15) is 8.42 Å². The van der Waals surface area contributed by atoms with E-state index in [4.69, 9.17) is 4.18 Å². The lowest BCUT2D eigenvalue weighted by Crippen LogP contribution is -2.34. The number of rotatable bonds is 3. The molecule has 78 valence electrons. The predicted octanol–water partition coefficient (Wildman–Crippen LogP) is 0.304. The Kier molecular flexibility index (Phi) is 3.70. The zero-order chi connectivity index (χ0) is 9.90. The predicted molar refractivity (Wildman–Crippen MR) is 51.0 cm³/mol. The molecule has 1 aliphatic heterocycles. The lowest BCUT2D eigenvalue weighted by molar-refractivity contribution is 0.154. The van der Waals surface area contributed by atoms with Crippen molar-refractivity contribution in [3.05, 3.63) is 0 Å². The Morgan fingerprint density at radius 3 is 2.77 bits per heavy atom. The largest absolute Gasteiger partial charge is 0.306 e. The highest BCUT2D eigenvalue weighted by Crippen LogP contribution is 2.15. The fraction of sp³-hybridized carbons (Fsp3) is 1.00. The van der Waals surface area contributed by atoms with E-state index < -0.39 is 10.1 Å². The average molecular weight is 207 g/mol. The number of hydrogen-bond acceptors (Lipinski definition) is 4. The molecule has 1 saturated heterocycles. The van der Waals surface area contributed by atoms with E-state index in [9.17, 15) is 8.42 Å². The Morgan fingerprint density at radius 1 is 1.54 bits per heavy atom. The summed E-state index contributed by atoms with van der Waals surface area (Å²) < 4.78 is 26.2. The van der Waals surface area contributed by atoms with E-state index in [1.165, 1.54) is 0 Å². The van der Waals surface area contributed by atoms with Gasteiger partial charge in [0.05, 0.1) is 12.9 Å². The van der Waals surface area contributed by atoms with Crippen LogP contribution in [0.1, 0.15) is 12.8 Å². The zero-order valence-electron chi connectivity index (χ0n) is 8.19. The van der Waals surface area contributed by atoms with E-state index in [0.717, 1.165) is 32.2 Å². The summed E-state index contributed by atoms with van der Waals surface area (Å²) in [5.41, 5.74) is 0. The lowest BCUT2D eigenvalue weighted by atomic mass is 10.00. The van der Waals surface area contributed by atoms with Crippen LogP contribution in [0, 0.1) is 5.92 Å². The molecule has 0 bridgehead atoms. The third-order valence-corrected chi connectivity index (χ3v) is 2.80. The van der Waals surface area contributed by atoms with Gasteiger partial charge in [0.2, 0.25) is 0 Å². The van der Waals surface area contributed by atoms with Crippen LogP contribution in [0.4, 0.5) is 0 Å². The smallest absolute Gasteiger partial charge is 0.264 e. The Hall–Kier alpha value is -0.130.